The second kappa shape index (κ2) is 5.48. The van der Waals surface area contributed by atoms with Crippen molar-refractivity contribution in [1.29, 1.82) is 0 Å². The quantitative estimate of drug-likeness (QED) is 0.828. The van der Waals surface area contributed by atoms with E-state index in [-0.39, 0.29) is 0 Å². The van der Waals surface area contributed by atoms with Gasteiger partial charge in [-0.2, -0.15) is 0 Å². The van der Waals surface area contributed by atoms with Gasteiger partial charge in [0, 0.05) is 29.4 Å². The molecule has 1 aliphatic heterocycles. The number of aromatic nitrogens is 1. The Morgan fingerprint density at radius 2 is 2.30 bits per heavy atom. The van der Waals surface area contributed by atoms with E-state index >= 15 is 0 Å². The summed E-state index contributed by atoms with van der Waals surface area (Å²) < 4.78 is 6.22. The number of hydrogen-bond acceptors (Lipinski definition) is 4. The number of halogens is 2. The summed E-state index contributed by atoms with van der Waals surface area (Å²) in [5.41, 5.74) is -0.828. The Kier molecular flexibility index (Phi) is 3.86. The fraction of sp³-hybridized carbons (Fsp3) is 0.357. The van der Waals surface area contributed by atoms with Crippen molar-refractivity contribution in [3.63, 3.8) is 0 Å². The Morgan fingerprint density at radius 1 is 1.45 bits per heavy atom. The van der Waals surface area contributed by atoms with E-state index < -0.39 is 5.60 Å². The zero-order chi connectivity index (χ0) is 14.2. The second-order valence-corrected chi connectivity index (χ2v) is 6.34. The van der Waals surface area contributed by atoms with Crippen molar-refractivity contribution >= 4 is 44.1 Å². The average molecular weight is 358 g/mol. The van der Waals surface area contributed by atoms with Crippen LogP contribution in [0.1, 0.15) is 6.42 Å². The molecule has 0 saturated carbocycles. The molecule has 6 heteroatoms. The van der Waals surface area contributed by atoms with Crippen molar-refractivity contribution in [2.45, 2.75) is 12.0 Å². The van der Waals surface area contributed by atoms with Gasteiger partial charge in [0.2, 0.25) is 0 Å². The number of anilines is 1. The third kappa shape index (κ3) is 2.91. The van der Waals surface area contributed by atoms with Gasteiger partial charge >= 0.3 is 0 Å². The molecule has 106 valence electrons. The number of hydrogen-bond donors (Lipinski definition) is 2. The maximum atomic E-state index is 10.3. The number of rotatable bonds is 3. The summed E-state index contributed by atoms with van der Waals surface area (Å²) in [6.45, 7) is 1.34. The van der Waals surface area contributed by atoms with Crippen LogP contribution in [0.25, 0.3) is 10.8 Å². The van der Waals surface area contributed by atoms with Crippen LogP contribution in [0.5, 0.6) is 0 Å². The van der Waals surface area contributed by atoms with Crippen LogP contribution < -0.4 is 5.32 Å². The van der Waals surface area contributed by atoms with Crippen LogP contribution >= 0.6 is 27.5 Å². The zero-order valence-electron chi connectivity index (χ0n) is 10.7. The molecule has 1 aromatic carbocycles. The first-order chi connectivity index (χ1) is 9.56. The van der Waals surface area contributed by atoms with E-state index in [2.05, 4.69) is 26.2 Å². The van der Waals surface area contributed by atoms with Crippen molar-refractivity contribution < 1.29 is 9.84 Å². The standard InChI is InChI=1S/C14H14BrClN2O2/c15-10-1-2-11-9(5-10)6-12(16)18-13(11)17-7-14(19)3-4-20-8-14/h1-2,5-6,19H,3-4,7-8H2,(H,17,18). The van der Waals surface area contributed by atoms with Gasteiger partial charge in [-0.15, -0.1) is 0 Å². The van der Waals surface area contributed by atoms with E-state index in [0.717, 1.165) is 15.2 Å². The minimum absolute atomic E-state index is 0.351. The summed E-state index contributed by atoms with van der Waals surface area (Å²) >= 11 is 9.50. The van der Waals surface area contributed by atoms with Gasteiger partial charge in [-0.3, -0.25) is 0 Å². The molecule has 1 unspecified atom stereocenters. The summed E-state index contributed by atoms with van der Waals surface area (Å²) in [4.78, 5) is 4.31. The summed E-state index contributed by atoms with van der Waals surface area (Å²) in [6.07, 6.45) is 0.629. The minimum Gasteiger partial charge on any atom is -0.386 e. The number of nitrogens with one attached hydrogen (secondary N) is 1. The van der Waals surface area contributed by atoms with Crippen molar-refractivity contribution in [3.05, 3.63) is 33.9 Å². The van der Waals surface area contributed by atoms with Gasteiger partial charge in [0.05, 0.1) is 6.61 Å². The van der Waals surface area contributed by atoms with Crippen molar-refractivity contribution in [3.8, 4) is 0 Å². The SMILES string of the molecule is OC1(CNc2nc(Cl)cc3cc(Br)ccc23)CCOC1. The Morgan fingerprint density at radius 3 is 3.05 bits per heavy atom. The Labute approximate surface area is 130 Å². The molecule has 4 nitrogen and oxygen atoms in total. The third-order valence-electron chi connectivity index (χ3n) is 3.43. The first kappa shape index (κ1) is 14.1. The fourth-order valence-electron chi connectivity index (χ4n) is 2.32. The molecule has 2 heterocycles. The lowest BCUT2D eigenvalue weighted by Gasteiger charge is -2.21. The molecule has 1 fully saturated rings. The fourth-order valence-corrected chi connectivity index (χ4v) is 2.90. The van der Waals surface area contributed by atoms with E-state index in [9.17, 15) is 5.11 Å². The van der Waals surface area contributed by atoms with E-state index in [1.807, 2.05) is 24.3 Å². The average Bonchev–Trinajstić information content (AvgIpc) is 2.83. The van der Waals surface area contributed by atoms with E-state index in [1.165, 1.54) is 0 Å². The molecule has 0 amide bonds. The Balaban J connectivity index is 1.90. The molecule has 3 rings (SSSR count). The number of fused-ring (bicyclic) bond motifs is 1. The molecule has 2 N–H and O–H groups in total. The highest BCUT2D eigenvalue weighted by Gasteiger charge is 2.32. The third-order valence-corrected chi connectivity index (χ3v) is 4.12. The highest BCUT2D eigenvalue weighted by Crippen LogP contribution is 2.28. The number of nitrogens with zero attached hydrogens (tertiary/aromatic N) is 1. The molecule has 0 bridgehead atoms. The summed E-state index contributed by atoms with van der Waals surface area (Å²) in [7, 11) is 0. The van der Waals surface area contributed by atoms with Crippen LogP contribution in [0.2, 0.25) is 5.15 Å². The normalized spacial score (nSPS) is 22.4. The smallest absolute Gasteiger partial charge is 0.135 e. The lowest BCUT2D eigenvalue weighted by atomic mass is 10.0. The van der Waals surface area contributed by atoms with Crippen molar-refractivity contribution in [2.24, 2.45) is 0 Å². The molecule has 1 aliphatic rings. The number of benzene rings is 1. The molecule has 1 aromatic heterocycles. The summed E-state index contributed by atoms with van der Waals surface area (Å²) in [5, 5.41) is 15.9. The Bertz CT molecular complexity index is 639. The topological polar surface area (TPSA) is 54.4 Å². The molecular weight excluding hydrogens is 344 g/mol. The van der Waals surface area contributed by atoms with E-state index in [0.29, 0.717) is 37.2 Å². The van der Waals surface area contributed by atoms with Crippen LogP contribution in [-0.2, 0) is 4.74 Å². The highest BCUT2D eigenvalue weighted by atomic mass is 79.9. The van der Waals surface area contributed by atoms with Crippen molar-refractivity contribution in [1.82, 2.24) is 4.98 Å². The molecular formula is C14H14BrClN2O2. The van der Waals surface area contributed by atoms with E-state index in [1.54, 1.807) is 0 Å². The van der Waals surface area contributed by atoms with E-state index in [4.69, 9.17) is 16.3 Å². The molecule has 1 atom stereocenters. The van der Waals surface area contributed by atoms with Gasteiger partial charge in [-0.05, 0) is 29.7 Å². The van der Waals surface area contributed by atoms with Gasteiger partial charge in [-0.1, -0.05) is 27.5 Å². The second-order valence-electron chi connectivity index (χ2n) is 5.04. The van der Waals surface area contributed by atoms with Crippen LogP contribution in [-0.4, -0.2) is 35.5 Å². The largest absolute Gasteiger partial charge is 0.386 e. The summed E-state index contributed by atoms with van der Waals surface area (Å²) in [5.74, 6) is 0.681. The zero-order valence-corrected chi connectivity index (χ0v) is 13.0. The first-order valence-electron chi connectivity index (χ1n) is 6.36. The van der Waals surface area contributed by atoms with Crippen LogP contribution in [0.15, 0.2) is 28.7 Å². The predicted molar refractivity (Wildman–Crippen MR) is 83.3 cm³/mol. The van der Waals surface area contributed by atoms with Crippen molar-refractivity contribution in [2.75, 3.05) is 25.1 Å². The van der Waals surface area contributed by atoms with Crippen LogP contribution in [0.4, 0.5) is 5.82 Å². The summed E-state index contributed by atoms with van der Waals surface area (Å²) in [6, 6.07) is 7.73. The minimum atomic E-state index is -0.828. The van der Waals surface area contributed by atoms with Crippen LogP contribution in [0.3, 0.4) is 0 Å². The predicted octanol–water partition coefficient (Wildman–Crippen LogP) is 3.21. The Hall–Kier alpha value is -0.880. The maximum absolute atomic E-state index is 10.3. The molecule has 1 saturated heterocycles. The molecule has 0 aliphatic carbocycles. The van der Waals surface area contributed by atoms with Gasteiger partial charge < -0.3 is 15.2 Å². The van der Waals surface area contributed by atoms with Gasteiger partial charge in [0.1, 0.15) is 16.6 Å². The van der Waals surface area contributed by atoms with Gasteiger partial charge in [-0.25, -0.2) is 4.98 Å². The van der Waals surface area contributed by atoms with Crippen LogP contribution in [0, 0.1) is 0 Å². The maximum Gasteiger partial charge on any atom is 0.135 e. The van der Waals surface area contributed by atoms with Gasteiger partial charge in [0.25, 0.3) is 0 Å². The molecule has 0 radical (unpaired) electrons. The number of pyridine rings is 1. The monoisotopic (exact) mass is 356 g/mol. The number of ether oxygens (including phenoxy) is 1. The first-order valence-corrected chi connectivity index (χ1v) is 7.53. The lowest BCUT2D eigenvalue weighted by molar-refractivity contribution is 0.0381. The molecule has 20 heavy (non-hydrogen) atoms. The highest BCUT2D eigenvalue weighted by molar-refractivity contribution is 9.10. The number of aliphatic hydroxyl groups is 1. The van der Waals surface area contributed by atoms with Gasteiger partial charge in [0.15, 0.2) is 0 Å². The molecule has 0 spiro atoms. The lowest BCUT2D eigenvalue weighted by Crippen LogP contribution is -2.37. The molecule has 2 aromatic rings.